The van der Waals surface area contributed by atoms with Gasteiger partial charge in [-0.05, 0) is 71.4 Å². The number of rotatable bonds is 8. The molecule has 0 amide bonds. The zero-order valence-electron chi connectivity index (χ0n) is 17.4. The molecule has 2 aliphatic rings. The van der Waals surface area contributed by atoms with E-state index in [9.17, 15) is 0 Å². The molecular weight excluding hydrogens is 439 g/mol. The smallest absolute Gasteiger partial charge is 0.191 e. The lowest BCUT2D eigenvalue weighted by Gasteiger charge is -2.43. The number of hydrogen-bond acceptors (Lipinski definition) is 3. The van der Waals surface area contributed by atoms with Gasteiger partial charge < -0.3 is 15.4 Å². The summed E-state index contributed by atoms with van der Waals surface area (Å²) >= 11 is 0. The monoisotopic (exact) mass is 480 g/mol. The summed E-state index contributed by atoms with van der Waals surface area (Å²) in [5.41, 5.74) is 0.207. The Balaban J connectivity index is 0.00000338. The van der Waals surface area contributed by atoms with Gasteiger partial charge in [0.25, 0.3) is 0 Å². The van der Waals surface area contributed by atoms with E-state index in [0.29, 0.717) is 6.04 Å². The van der Waals surface area contributed by atoms with Crippen LogP contribution in [0.1, 0.15) is 66.2 Å². The van der Waals surface area contributed by atoms with Gasteiger partial charge in [0, 0.05) is 31.3 Å². The molecule has 2 rings (SSSR count). The third-order valence-electron chi connectivity index (χ3n) is 5.64. The average molecular weight is 480 g/mol. The van der Waals surface area contributed by atoms with Gasteiger partial charge in [0.15, 0.2) is 5.96 Å². The first-order valence-electron chi connectivity index (χ1n) is 10.4. The topological polar surface area (TPSA) is 48.9 Å². The molecule has 0 aromatic rings. The second-order valence-corrected chi connectivity index (χ2v) is 8.24. The van der Waals surface area contributed by atoms with Crippen LogP contribution in [0.15, 0.2) is 4.99 Å². The predicted molar refractivity (Wildman–Crippen MR) is 122 cm³/mol. The van der Waals surface area contributed by atoms with E-state index in [-0.39, 0.29) is 29.5 Å². The molecule has 0 spiro atoms. The number of nitrogens with zero attached hydrogens (tertiary/aromatic N) is 2. The summed E-state index contributed by atoms with van der Waals surface area (Å²) in [6.45, 7) is 15.0. The van der Waals surface area contributed by atoms with Crippen LogP contribution < -0.4 is 10.6 Å². The zero-order chi connectivity index (χ0) is 18.1. The summed E-state index contributed by atoms with van der Waals surface area (Å²) in [6, 6.07) is 0.456. The third-order valence-corrected chi connectivity index (χ3v) is 5.64. The van der Waals surface area contributed by atoms with Gasteiger partial charge in [-0.2, -0.15) is 0 Å². The van der Waals surface area contributed by atoms with Crippen LogP contribution in [-0.2, 0) is 4.74 Å². The lowest BCUT2D eigenvalue weighted by molar-refractivity contribution is -0.0139. The molecular formula is C20H41IN4O. The fourth-order valence-corrected chi connectivity index (χ4v) is 3.95. The van der Waals surface area contributed by atoms with Gasteiger partial charge in [0.1, 0.15) is 0 Å². The normalized spacial score (nSPS) is 22.1. The summed E-state index contributed by atoms with van der Waals surface area (Å²) in [5, 5.41) is 7.05. The minimum atomic E-state index is 0. The summed E-state index contributed by atoms with van der Waals surface area (Å²) in [4.78, 5) is 7.70. The predicted octanol–water partition coefficient (Wildman–Crippen LogP) is 3.63. The number of guanidine groups is 1. The Hall–Kier alpha value is -0.0800. The van der Waals surface area contributed by atoms with Gasteiger partial charge >= 0.3 is 0 Å². The number of nitrogens with one attached hydrogen (secondary N) is 2. The van der Waals surface area contributed by atoms with E-state index in [4.69, 9.17) is 9.73 Å². The molecule has 154 valence electrons. The zero-order valence-corrected chi connectivity index (χ0v) is 19.7. The number of aliphatic imine (C=N–C) groups is 1. The van der Waals surface area contributed by atoms with E-state index < -0.39 is 0 Å². The Morgan fingerprint density at radius 1 is 1.12 bits per heavy atom. The first-order chi connectivity index (χ1) is 12.1. The van der Waals surface area contributed by atoms with Crippen molar-refractivity contribution in [2.75, 3.05) is 39.4 Å². The maximum Gasteiger partial charge on any atom is 0.191 e. The molecule has 5 nitrogen and oxygen atoms in total. The van der Waals surface area contributed by atoms with E-state index in [0.717, 1.165) is 51.0 Å². The molecule has 0 radical (unpaired) electrons. The quantitative estimate of drug-likeness (QED) is 0.317. The standard InChI is InChI=1S/C20H40N4O.HI/c1-5-21-19(23-18(4)9-8-17(2)3)22-16-20(10-14-25-15-11-20)24-12-6-7-13-24;/h17-18H,5-16H2,1-4H3,(H2,21,22,23);1H. The van der Waals surface area contributed by atoms with Crippen LogP contribution >= 0.6 is 24.0 Å². The van der Waals surface area contributed by atoms with E-state index in [2.05, 4.69) is 43.2 Å². The summed E-state index contributed by atoms with van der Waals surface area (Å²) in [7, 11) is 0. The maximum atomic E-state index is 5.65. The first kappa shape index (κ1) is 24.0. The van der Waals surface area contributed by atoms with E-state index in [1.807, 2.05) is 0 Å². The van der Waals surface area contributed by atoms with Gasteiger partial charge in [-0.1, -0.05) is 13.8 Å². The Morgan fingerprint density at radius 3 is 2.35 bits per heavy atom. The molecule has 1 atom stereocenters. The summed E-state index contributed by atoms with van der Waals surface area (Å²) in [6.07, 6.45) is 7.32. The lowest BCUT2D eigenvalue weighted by Crippen LogP contribution is -2.54. The molecule has 2 heterocycles. The number of halogens is 1. The fourth-order valence-electron chi connectivity index (χ4n) is 3.95. The number of ether oxygens (including phenoxy) is 1. The molecule has 0 aromatic heterocycles. The molecule has 6 heteroatoms. The van der Waals surface area contributed by atoms with Gasteiger partial charge in [-0.25, -0.2) is 0 Å². The number of likely N-dealkylation sites (tertiary alicyclic amines) is 1. The second-order valence-electron chi connectivity index (χ2n) is 8.24. The van der Waals surface area contributed by atoms with Crippen molar-refractivity contribution in [2.24, 2.45) is 10.9 Å². The highest BCUT2D eigenvalue weighted by atomic mass is 127. The van der Waals surface area contributed by atoms with Crippen LogP contribution in [0, 0.1) is 5.92 Å². The molecule has 0 bridgehead atoms. The van der Waals surface area contributed by atoms with E-state index >= 15 is 0 Å². The van der Waals surface area contributed by atoms with Crippen molar-refractivity contribution in [3.05, 3.63) is 0 Å². The van der Waals surface area contributed by atoms with Crippen LogP contribution in [-0.4, -0.2) is 61.8 Å². The number of hydrogen-bond donors (Lipinski definition) is 2. The Morgan fingerprint density at radius 2 is 1.77 bits per heavy atom. The largest absolute Gasteiger partial charge is 0.381 e. The fraction of sp³-hybridized carbons (Fsp3) is 0.950. The van der Waals surface area contributed by atoms with Crippen molar-refractivity contribution >= 4 is 29.9 Å². The van der Waals surface area contributed by atoms with Gasteiger partial charge in [-0.3, -0.25) is 9.89 Å². The minimum absolute atomic E-state index is 0. The van der Waals surface area contributed by atoms with E-state index in [1.165, 1.54) is 38.8 Å². The van der Waals surface area contributed by atoms with Crippen LogP contribution in [0.3, 0.4) is 0 Å². The van der Waals surface area contributed by atoms with Crippen LogP contribution in [0.2, 0.25) is 0 Å². The van der Waals surface area contributed by atoms with Crippen molar-refractivity contribution in [2.45, 2.75) is 77.8 Å². The molecule has 1 unspecified atom stereocenters. The summed E-state index contributed by atoms with van der Waals surface area (Å²) < 4.78 is 5.65. The van der Waals surface area contributed by atoms with Crippen LogP contribution in [0.4, 0.5) is 0 Å². The molecule has 2 saturated heterocycles. The lowest BCUT2D eigenvalue weighted by atomic mass is 9.88. The van der Waals surface area contributed by atoms with Crippen molar-refractivity contribution < 1.29 is 4.74 Å². The minimum Gasteiger partial charge on any atom is -0.381 e. The Kier molecular flexibility index (Phi) is 11.4. The maximum absolute atomic E-state index is 5.65. The average Bonchev–Trinajstić information content (AvgIpc) is 3.14. The Bertz CT molecular complexity index is 405. The molecule has 0 aromatic carbocycles. The Labute approximate surface area is 178 Å². The van der Waals surface area contributed by atoms with Gasteiger partial charge in [0.2, 0.25) is 0 Å². The molecule has 2 aliphatic heterocycles. The van der Waals surface area contributed by atoms with Gasteiger partial charge in [-0.15, -0.1) is 24.0 Å². The highest BCUT2D eigenvalue weighted by Gasteiger charge is 2.39. The van der Waals surface area contributed by atoms with Crippen molar-refractivity contribution in [1.29, 1.82) is 0 Å². The SMILES string of the molecule is CCNC(=NCC1(N2CCCC2)CCOCC1)NC(C)CCC(C)C.I. The van der Waals surface area contributed by atoms with E-state index in [1.54, 1.807) is 0 Å². The van der Waals surface area contributed by atoms with Crippen molar-refractivity contribution in [3.8, 4) is 0 Å². The highest BCUT2D eigenvalue weighted by molar-refractivity contribution is 14.0. The molecule has 0 aliphatic carbocycles. The van der Waals surface area contributed by atoms with Gasteiger partial charge in [0.05, 0.1) is 6.54 Å². The first-order valence-corrected chi connectivity index (χ1v) is 10.4. The van der Waals surface area contributed by atoms with Crippen molar-refractivity contribution in [1.82, 2.24) is 15.5 Å². The second kappa shape index (κ2) is 12.4. The van der Waals surface area contributed by atoms with Crippen molar-refractivity contribution in [3.63, 3.8) is 0 Å². The third kappa shape index (κ3) is 7.50. The highest BCUT2D eigenvalue weighted by Crippen LogP contribution is 2.31. The molecule has 2 N–H and O–H groups in total. The molecule has 26 heavy (non-hydrogen) atoms. The summed E-state index contributed by atoms with van der Waals surface area (Å²) in [5.74, 6) is 1.73. The molecule has 2 fully saturated rings. The van der Waals surface area contributed by atoms with Crippen LogP contribution in [0.25, 0.3) is 0 Å². The van der Waals surface area contributed by atoms with Crippen LogP contribution in [0.5, 0.6) is 0 Å². The molecule has 0 saturated carbocycles.